The highest BCUT2D eigenvalue weighted by Gasteiger charge is 2.29. The molecule has 0 spiro atoms. The number of fused-ring (bicyclic) bond motifs is 3. The van der Waals surface area contributed by atoms with Gasteiger partial charge >= 0.3 is 12.1 Å². The average Bonchev–Trinajstić information content (AvgIpc) is 3.48. The van der Waals surface area contributed by atoms with E-state index in [1.807, 2.05) is 24.3 Å². The van der Waals surface area contributed by atoms with Gasteiger partial charge < -0.3 is 25.5 Å². The maximum absolute atomic E-state index is 12.5. The highest BCUT2D eigenvalue weighted by Crippen LogP contribution is 2.44. The van der Waals surface area contributed by atoms with E-state index in [4.69, 9.17) is 4.74 Å². The van der Waals surface area contributed by atoms with E-state index in [0.29, 0.717) is 12.1 Å². The number of carboxylic acid groups (broad SMARTS) is 1. The van der Waals surface area contributed by atoms with E-state index in [-0.39, 0.29) is 25.5 Å². The van der Waals surface area contributed by atoms with Gasteiger partial charge in [-0.25, -0.2) is 14.6 Å². The van der Waals surface area contributed by atoms with Gasteiger partial charge in [-0.2, -0.15) is 0 Å². The number of amides is 2. The standard InChI is InChI=1S/C26H28N4O5/c1-16(24(31)30-23(25(32)33)12-17-13-27-15-29-17)10-11-28-26(34)35-14-22-20-8-4-2-6-18(20)19-7-3-5-9-21(19)22/h2-9,13,15-16,22-23H,10-12,14H2,1H3,(H,27,29)(H,28,34)(H,30,31)(H,32,33). The number of nitrogens with one attached hydrogen (secondary N) is 3. The molecule has 0 fully saturated rings. The maximum Gasteiger partial charge on any atom is 0.407 e. The topological polar surface area (TPSA) is 133 Å². The predicted octanol–water partition coefficient (Wildman–Crippen LogP) is 3.09. The highest BCUT2D eigenvalue weighted by molar-refractivity contribution is 5.85. The molecule has 4 N–H and O–H groups in total. The molecule has 0 saturated heterocycles. The maximum atomic E-state index is 12.5. The lowest BCUT2D eigenvalue weighted by Gasteiger charge is -2.18. The van der Waals surface area contributed by atoms with E-state index < -0.39 is 29.9 Å². The fourth-order valence-corrected chi connectivity index (χ4v) is 4.30. The Kier molecular flexibility index (Phi) is 7.45. The third kappa shape index (κ3) is 5.68. The first-order valence-electron chi connectivity index (χ1n) is 11.5. The van der Waals surface area contributed by atoms with E-state index in [1.165, 1.54) is 12.5 Å². The second-order valence-electron chi connectivity index (χ2n) is 8.62. The zero-order chi connectivity index (χ0) is 24.8. The Labute approximate surface area is 202 Å². The predicted molar refractivity (Wildman–Crippen MR) is 129 cm³/mol. The van der Waals surface area contributed by atoms with Gasteiger partial charge in [-0.15, -0.1) is 0 Å². The average molecular weight is 477 g/mol. The van der Waals surface area contributed by atoms with E-state index in [1.54, 1.807) is 6.92 Å². The summed E-state index contributed by atoms with van der Waals surface area (Å²) in [4.78, 5) is 42.9. The fraction of sp³-hybridized carbons (Fsp3) is 0.308. The van der Waals surface area contributed by atoms with Gasteiger partial charge in [-0.05, 0) is 28.7 Å². The summed E-state index contributed by atoms with van der Waals surface area (Å²) >= 11 is 0. The number of hydrogen-bond donors (Lipinski definition) is 4. The van der Waals surface area contributed by atoms with E-state index in [9.17, 15) is 19.5 Å². The minimum atomic E-state index is -1.13. The molecule has 0 saturated carbocycles. The molecule has 2 atom stereocenters. The number of benzene rings is 2. The van der Waals surface area contributed by atoms with Gasteiger partial charge in [0, 0.05) is 36.7 Å². The van der Waals surface area contributed by atoms with Crippen LogP contribution >= 0.6 is 0 Å². The molecule has 9 nitrogen and oxygen atoms in total. The second-order valence-corrected chi connectivity index (χ2v) is 8.62. The Morgan fingerprint density at radius 2 is 1.74 bits per heavy atom. The molecule has 0 bridgehead atoms. The summed E-state index contributed by atoms with van der Waals surface area (Å²) < 4.78 is 5.50. The number of hydrogen-bond acceptors (Lipinski definition) is 5. The molecule has 1 aliphatic carbocycles. The Hall–Kier alpha value is -4.14. The lowest BCUT2D eigenvalue weighted by atomic mass is 9.98. The molecule has 0 aliphatic heterocycles. The Bertz CT molecular complexity index is 1150. The summed E-state index contributed by atoms with van der Waals surface area (Å²) in [6.45, 7) is 2.12. The van der Waals surface area contributed by atoms with Crippen molar-refractivity contribution in [3.63, 3.8) is 0 Å². The van der Waals surface area contributed by atoms with Crippen LogP contribution in [0.2, 0.25) is 0 Å². The molecule has 4 rings (SSSR count). The Morgan fingerprint density at radius 3 is 2.34 bits per heavy atom. The number of rotatable bonds is 10. The summed E-state index contributed by atoms with van der Waals surface area (Å²) in [6, 6.07) is 15.1. The Balaban J connectivity index is 1.23. The number of aromatic nitrogens is 2. The van der Waals surface area contributed by atoms with Crippen LogP contribution < -0.4 is 10.6 Å². The van der Waals surface area contributed by atoms with E-state index in [0.717, 1.165) is 22.3 Å². The molecule has 2 aromatic carbocycles. The van der Waals surface area contributed by atoms with Crippen molar-refractivity contribution >= 4 is 18.0 Å². The molecule has 182 valence electrons. The van der Waals surface area contributed by atoms with Gasteiger partial charge in [0.2, 0.25) is 5.91 Å². The van der Waals surface area contributed by atoms with E-state index >= 15 is 0 Å². The number of nitrogens with zero attached hydrogens (tertiary/aromatic N) is 1. The van der Waals surface area contributed by atoms with Crippen molar-refractivity contribution in [2.75, 3.05) is 13.2 Å². The first-order valence-corrected chi connectivity index (χ1v) is 11.5. The monoisotopic (exact) mass is 476 g/mol. The Morgan fingerprint density at radius 1 is 1.09 bits per heavy atom. The third-order valence-corrected chi connectivity index (χ3v) is 6.23. The number of H-pyrrole nitrogens is 1. The first-order chi connectivity index (χ1) is 16.9. The highest BCUT2D eigenvalue weighted by atomic mass is 16.5. The van der Waals surface area contributed by atoms with Crippen molar-refractivity contribution in [1.29, 1.82) is 0 Å². The number of aliphatic carboxylic acids is 1. The fourth-order valence-electron chi connectivity index (χ4n) is 4.30. The molecule has 35 heavy (non-hydrogen) atoms. The van der Waals surface area contributed by atoms with Crippen molar-refractivity contribution in [2.45, 2.75) is 31.7 Å². The number of carbonyl (C=O) groups is 3. The zero-order valence-corrected chi connectivity index (χ0v) is 19.4. The lowest BCUT2D eigenvalue weighted by molar-refractivity contribution is -0.142. The van der Waals surface area contributed by atoms with Crippen LogP contribution in [0.25, 0.3) is 11.1 Å². The summed E-state index contributed by atoms with van der Waals surface area (Å²) in [5, 5.41) is 14.6. The molecule has 1 aromatic heterocycles. The van der Waals surface area contributed by atoms with Crippen molar-refractivity contribution in [3.8, 4) is 11.1 Å². The van der Waals surface area contributed by atoms with Crippen LogP contribution in [-0.2, 0) is 20.7 Å². The zero-order valence-electron chi connectivity index (χ0n) is 19.4. The number of carbonyl (C=O) groups excluding carboxylic acids is 2. The SMILES string of the molecule is CC(CCNC(=O)OCC1c2ccccc2-c2ccccc21)C(=O)NC(Cc1cnc[nH]1)C(=O)O. The number of ether oxygens (including phenoxy) is 1. The molecule has 0 radical (unpaired) electrons. The smallest absolute Gasteiger partial charge is 0.407 e. The van der Waals surface area contributed by atoms with Gasteiger partial charge in [-0.1, -0.05) is 55.5 Å². The first kappa shape index (κ1) is 24.0. The third-order valence-electron chi connectivity index (χ3n) is 6.23. The summed E-state index contributed by atoms with van der Waals surface area (Å²) in [7, 11) is 0. The van der Waals surface area contributed by atoms with Crippen LogP contribution in [0.1, 0.15) is 36.1 Å². The van der Waals surface area contributed by atoms with Crippen molar-refractivity contribution < 1.29 is 24.2 Å². The van der Waals surface area contributed by atoms with Gasteiger partial charge in [0.15, 0.2) is 0 Å². The minimum Gasteiger partial charge on any atom is -0.480 e. The summed E-state index contributed by atoms with van der Waals surface area (Å²) in [6.07, 6.45) is 2.86. The van der Waals surface area contributed by atoms with Gasteiger partial charge in [0.25, 0.3) is 0 Å². The van der Waals surface area contributed by atoms with Crippen LogP contribution in [0.15, 0.2) is 61.1 Å². The molecular weight excluding hydrogens is 448 g/mol. The number of imidazole rings is 1. The number of alkyl carbamates (subject to hydrolysis) is 1. The van der Waals surface area contributed by atoms with Crippen LogP contribution in [0.4, 0.5) is 4.79 Å². The van der Waals surface area contributed by atoms with Crippen LogP contribution in [0, 0.1) is 5.92 Å². The van der Waals surface area contributed by atoms with Crippen LogP contribution in [0.5, 0.6) is 0 Å². The molecule has 9 heteroatoms. The van der Waals surface area contributed by atoms with E-state index in [2.05, 4.69) is 44.9 Å². The van der Waals surface area contributed by atoms with Crippen molar-refractivity contribution in [1.82, 2.24) is 20.6 Å². The second kappa shape index (κ2) is 10.9. The molecule has 1 heterocycles. The summed E-state index contributed by atoms with van der Waals surface area (Å²) in [5.41, 5.74) is 5.19. The molecule has 1 aliphatic rings. The molecule has 2 amide bonds. The quantitative estimate of drug-likeness (QED) is 0.355. The number of carboxylic acids is 1. The molecule has 3 aromatic rings. The largest absolute Gasteiger partial charge is 0.480 e. The molecular formula is C26H28N4O5. The molecule has 2 unspecified atom stereocenters. The van der Waals surface area contributed by atoms with Crippen LogP contribution in [-0.4, -0.2) is 52.2 Å². The van der Waals surface area contributed by atoms with Crippen LogP contribution in [0.3, 0.4) is 0 Å². The van der Waals surface area contributed by atoms with Gasteiger partial charge in [0.05, 0.1) is 6.33 Å². The van der Waals surface area contributed by atoms with Crippen molar-refractivity contribution in [2.24, 2.45) is 5.92 Å². The minimum absolute atomic E-state index is 0.0272. The van der Waals surface area contributed by atoms with Crippen molar-refractivity contribution in [3.05, 3.63) is 77.9 Å². The normalized spacial score (nSPS) is 13.9. The summed E-state index contributed by atoms with van der Waals surface area (Å²) in [5.74, 6) is -2.05. The number of aromatic amines is 1. The van der Waals surface area contributed by atoms with Gasteiger partial charge in [-0.3, -0.25) is 4.79 Å². The van der Waals surface area contributed by atoms with Gasteiger partial charge in [0.1, 0.15) is 12.6 Å². The lowest BCUT2D eigenvalue weighted by Crippen LogP contribution is -2.45.